The Morgan fingerprint density at radius 2 is 2.30 bits per heavy atom. The molecule has 0 spiro atoms. The molecule has 2 aromatic rings. The molecule has 1 heterocycles. The number of aromatic nitrogens is 2. The van der Waals surface area contributed by atoms with Crippen molar-refractivity contribution in [3.05, 3.63) is 48.7 Å². The lowest BCUT2D eigenvalue weighted by Crippen LogP contribution is -2.15. The first-order valence-corrected chi connectivity index (χ1v) is 7.99. The van der Waals surface area contributed by atoms with Gasteiger partial charge in [0.15, 0.2) is 0 Å². The van der Waals surface area contributed by atoms with Crippen LogP contribution in [0, 0.1) is 3.57 Å². The SMILES string of the molecule is COCCn1ncc(Br)c1C(=O)c1cc(Cl)ccc1I. The molecule has 1 aromatic heterocycles. The lowest BCUT2D eigenvalue weighted by Gasteiger charge is -2.08. The number of carbonyl (C=O) groups excluding carboxylic acids is 1. The number of nitrogens with zero attached hydrogens (tertiary/aromatic N) is 2. The van der Waals surface area contributed by atoms with Crippen LogP contribution >= 0.6 is 50.1 Å². The highest BCUT2D eigenvalue weighted by Crippen LogP contribution is 2.24. The van der Waals surface area contributed by atoms with Crippen LogP contribution < -0.4 is 0 Å². The average molecular weight is 470 g/mol. The highest BCUT2D eigenvalue weighted by atomic mass is 127. The zero-order valence-corrected chi connectivity index (χ0v) is 15.1. The van der Waals surface area contributed by atoms with E-state index in [1.165, 1.54) is 0 Å². The highest BCUT2D eigenvalue weighted by Gasteiger charge is 2.21. The number of ketones is 1. The normalized spacial score (nSPS) is 10.8. The van der Waals surface area contributed by atoms with E-state index in [1.54, 1.807) is 30.1 Å². The fraction of sp³-hybridized carbons (Fsp3) is 0.231. The van der Waals surface area contributed by atoms with Crippen molar-refractivity contribution in [2.75, 3.05) is 13.7 Å². The first-order valence-electron chi connectivity index (χ1n) is 5.74. The Morgan fingerprint density at radius 1 is 1.55 bits per heavy atom. The van der Waals surface area contributed by atoms with Crippen LogP contribution in [0.4, 0.5) is 0 Å². The Kier molecular flexibility index (Phi) is 5.59. The van der Waals surface area contributed by atoms with Gasteiger partial charge in [-0.2, -0.15) is 5.10 Å². The lowest BCUT2D eigenvalue weighted by molar-refractivity contribution is 0.102. The molecule has 0 saturated carbocycles. The van der Waals surface area contributed by atoms with Crippen molar-refractivity contribution in [3.63, 3.8) is 0 Å². The van der Waals surface area contributed by atoms with E-state index in [4.69, 9.17) is 16.3 Å². The van der Waals surface area contributed by atoms with Gasteiger partial charge in [-0.1, -0.05) is 11.6 Å². The topological polar surface area (TPSA) is 44.1 Å². The first kappa shape index (κ1) is 15.9. The van der Waals surface area contributed by atoms with E-state index in [1.807, 2.05) is 6.07 Å². The molecular formula is C13H11BrClIN2O2. The molecule has 0 amide bonds. The summed E-state index contributed by atoms with van der Waals surface area (Å²) in [5.74, 6) is -0.114. The van der Waals surface area contributed by atoms with Crippen molar-refractivity contribution in [1.29, 1.82) is 0 Å². The summed E-state index contributed by atoms with van der Waals surface area (Å²) >= 11 is 11.5. The molecule has 0 aliphatic carbocycles. The molecule has 0 radical (unpaired) electrons. The Balaban J connectivity index is 2.42. The number of rotatable bonds is 5. The predicted octanol–water partition coefficient (Wildman–Crippen LogP) is 3.78. The van der Waals surface area contributed by atoms with Crippen LogP contribution in [0.15, 0.2) is 28.9 Å². The Hall–Kier alpha value is -0.440. The third kappa shape index (κ3) is 3.41. The van der Waals surface area contributed by atoms with Crippen molar-refractivity contribution in [1.82, 2.24) is 9.78 Å². The zero-order chi connectivity index (χ0) is 14.7. The van der Waals surface area contributed by atoms with Crippen LogP contribution in [0.2, 0.25) is 5.02 Å². The number of benzene rings is 1. The maximum atomic E-state index is 12.7. The van der Waals surface area contributed by atoms with E-state index in [9.17, 15) is 4.79 Å². The Labute approximate surface area is 143 Å². The minimum Gasteiger partial charge on any atom is -0.383 e. The fourth-order valence-electron chi connectivity index (χ4n) is 1.73. The van der Waals surface area contributed by atoms with Crippen LogP contribution in [-0.4, -0.2) is 29.3 Å². The van der Waals surface area contributed by atoms with Gasteiger partial charge in [-0.25, -0.2) is 0 Å². The third-order valence-corrected chi connectivity index (χ3v) is 4.45. The maximum absolute atomic E-state index is 12.7. The van der Waals surface area contributed by atoms with Crippen LogP contribution in [0.3, 0.4) is 0 Å². The van der Waals surface area contributed by atoms with Gasteiger partial charge < -0.3 is 4.74 Å². The smallest absolute Gasteiger partial charge is 0.213 e. The van der Waals surface area contributed by atoms with E-state index in [0.29, 0.717) is 33.9 Å². The molecule has 106 valence electrons. The summed E-state index contributed by atoms with van der Waals surface area (Å²) in [5.41, 5.74) is 1.07. The van der Waals surface area contributed by atoms with Gasteiger partial charge in [0, 0.05) is 21.3 Å². The van der Waals surface area contributed by atoms with E-state index in [0.717, 1.165) is 3.57 Å². The fourth-order valence-corrected chi connectivity index (χ4v) is 2.96. The molecule has 0 N–H and O–H groups in total. The van der Waals surface area contributed by atoms with Crippen molar-refractivity contribution in [3.8, 4) is 0 Å². The summed E-state index contributed by atoms with van der Waals surface area (Å²) < 4.78 is 8.17. The molecule has 0 saturated heterocycles. The summed E-state index contributed by atoms with van der Waals surface area (Å²) in [4.78, 5) is 12.7. The predicted molar refractivity (Wildman–Crippen MR) is 89.4 cm³/mol. The van der Waals surface area contributed by atoms with Crippen molar-refractivity contribution in [2.45, 2.75) is 6.54 Å². The largest absolute Gasteiger partial charge is 0.383 e. The molecule has 2 rings (SSSR count). The molecule has 0 fully saturated rings. The number of hydrogen-bond donors (Lipinski definition) is 0. The van der Waals surface area contributed by atoms with Crippen LogP contribution in [0.5, 0.6) is 0 Å². The molecule has 7 heteroatoms. The van der Waals surface area contributed by atoms with Gasteiger partial charge in [0.1, 0.15) is 5.69 Å². The third-order valence-electron chi connectivity index (χ3n) is 2.69. The van der Waals surface area contributed by atoms with Gasteiger partial charge in [-0.15, -0.1) is 0 Å². The van der Waals surface area contributed by atoms with E-state index >= 15 is 0 Å². The second kappa shape index (κ2) is 7.02. The maximum Gasteiger partial charge on any atom is 0.213 e. The second-order valence-electron chi connectivity index (χ2n) is 4.01. The molecule has 0 bridgehead atoms. The zero-order valence-electron chi connectivity index (χ0n) is 10.6. The molecule has 20 heavy (non-hydrogen) atoms. The molecule has 4 nitrogen and oxygen atoms in total. The number of hydrogen-bond acceptors (Lipinski definition) is 3. The van der Waals surface area contributed by atoms with Gasteiger partial charge in [-0.3, -0.25) is 9.48 Å². The molecule has 0 aliphatic heterocycles. The minimum atomic E-state index is -0.114. The molecule has 0 atom stereocenters. The van der Waals surface area contributed by atoms with Crippen LogP contribution in [0.25, 0.3) is 0 Å². The first-order chi connectivity index (χ1) is 9.54. The van der Waals surface area contributed by atoms with Gasteiger partial charge in [0.05, 0.1) is 23.8 Å². The van der Waals surface area contributed by atoms with Crippen LogP contribution in [0.1, 0.15) is 16.1 Å². The lowest BCUT2D eigenvalue weighted by atomic mass is 10.1. The molecule has 0 aliphatic rings. The van der Waals surface area contributed by atoms with Gasteiger partial charge in [0.25, 0.3) is 0 Å². The standard InChI is InChI=1S/C13H11BrClIN2O2/c1-20-5-4-18-12(10(14)7-17-18)13(19)9-6-8(15)2-3-11(9)16/h2-3,6-7H,4-5H2,1H3. The van der Waals surface area contributed by atoms with Crippen molar-refractivity contribution < 1.29 is 9.53 Å². The van der Waals surface area contributed by atoms with Gasteiger partial charge in [0.2, 0.25) is 5.78 Å². The summed E-state index contributed by atoms with van der Waals surface area (Å²) in [6.07, 6.45) is 1.61. The number of ether oxygens (including phenoxy) is 1. The number of halogens is 3. The summed E-state index contributed by atoms with van der Waals surface area (Å²) in [5, 5.41) is 4.72. The monoisotopic (exact) mass is 468 g/mol. The van der Waals surface area contributed by atoms with E-state index in [-0.39, 0.29) is 5.78 Å². The number of methoxy groups -OCH3 is 1. The van der Waals surface area contributed by atoms with Crippen LogP contribution in [-0.2, 0) is 11.3 Å². The Bertz CT molecular complexity index is 645. The average Bonchev–Trinajstić information content (AvgIpc) is 2.79. The summed E-state index contributed by atoms with van der Waals surface area (Å²) in [6.45, 7) is 1.00. The van der Waals surface area contributed by atoms with Gasteiger partial charge >= 0.3 is 0 Å². The van der Waals surface area contributed by atoms with Crippen molar-refractivity contribution >= 4 is 55.9 Å². The van der Waals surface area contributed by atoms with Crippen molar-refractivity contribution in [2.24, 2.45) is 0 Å². The number of carbonyl (C=O) groups is 1. The second-order valence-corrected chi connectivity index (χ2v) is 6.46. The molecule has 1 aromatic carbocycles. The summed E-state index contributed by atoms with van der Waals surface area (Å²) in [7, 11) is 1.61. The minimum absolute atomic E-state index is 0.114. The molecule has 0 unspecified atom stereocenters. The quantitative estimate of drug-likeness (QED) is 0.495. The van der Waals surface area contributed by atoms with Gasteiger partial charge in [-0.05, 0) is 56.7 Å². The highest BCUT2D eigenvalue weighted by molar-refractivity contribution is 14.1. The van der Waals surface area contributed by atoms with E-state index in [2.05, 4.69) is 43.6 Å². The van der Waals surface area contributed by atoms with E-state index < -0.39 is 0 Å². The molecular weight excluding hydrogens is 458 g/mol. The Morgan fingerprint density at radius 3 is 3.00 bits per heavy atom. The summed E-state index contributed by atoms with van der Waals surface area (Å²) in [6, 6.07) is 5.25.